The van der Waals surface area contributed by atoms with E-state index >= 15 is 0 Å². The summed E-state index contributed by atoms with van der Waals surface area (Å²) >= 11 is 0. The Morgan fingerprint density at radius 1 is 1.35 bits per heavy atom. The lowest BCUT2D eigenvalue weighted by atomic mass is 10.2. The Bertz CT molecular complexity index is 642. The van der Waals surface area contributed by atoms with Crippen LogP contribution in [0.4, 0.5) is 4.39 Å². The molecule has 1 unspecified atom stereocenters. The van der Waals surface area contributed by atoms with Gasteiger partial charge in [-0.15, -0.1) is 0 Å². The Morgan fingerprint density at radius 3 is 2.45 bits per heavy atom. The van der Waals surface area contributed by atoms with E-state index in [2.05, 4.69) is 0 Å². The van der Waals surface area contributed by atoms with E-state index in [0.717, 1.165) is 12.1 Å². The number of carboxylic acid groups (broad SMARTS) is 2. The van der Waals surface area contributed by atoms with E-state index in [1.165, 1.54) is 13.0 Å². The maximum atomic E-state index is 13.5. The molecular weight excluding hydrogens is 293 g/mol. The number of halogens is 1. The van der Waals surface area contributed by atoms with E-state index in [9.17, 15) is 22.4 Å². The summed E-state index contributed by atoms with van der Waals surface area (Å²) in [5, 5.41) is 17.3. The highest BCUT2D eigenvalue weighted by Gasteiger charge is 2.29. The molecular formula is C11H12FNO6S. The van der Waals surface area contributed by atoms with Crippen LogP contribution in [-0.4, -0.2) is 36.6 Å². The number of hydrogen-bond donors (Lipinski definition) is 3. The Balaban J connectivity index is 3.12. The normalized spacial score (nSPS) is 12.9. The Labute approximate surface area is 114 Å². The first-order valence-electron chi connectivity index (χ1n) is 5.36. The molecule has 0 aliphatic carbocycles. The minimum absolute atomic E-state index is 0.455. The van der Waals surface area contributed by atoms with Crippen molar-refractivity contribution in [2.24, 2.45) is 0 Å². The number of aryl methyl sites for hydroxylation is 1. The van der Waals surface area contributed by atoms with Crippen molar-refractivity contribution in [1.29, 1.82) is 0 Å². The average molecular weight is 305 g/mol. The molecule has 0 saturated carbocycles. The van der Waals surface area contributed by atoms with E-state index in [0.29, 0.717) is 5.56 Å². The monoisotopic (exact) mass is 305 g/mol. The standard InChI is InChI=1S/C11H12FNO6S/c1-6-2-3-7(12)9(4-6)20(18,19)13-8(11(16)17)5-10(14)15/h2-4,8,13H,5H2,1H3,(H,14,15)(H,16,17). The largest absolute Gasteiger partial charge is 0.481 e. The summed E-state index contributed by atoms with van der Waals surface area (Å²) in [5.74, 6) is -4.21. The summed E-state index contributed by atoms with van der Waals surface area (Å²) in [7, 11) is -4.47. The molecule has 1 rings (SSSR count). The number of hydrogen-bond acceptors (Lipinski definition) is 4. The first-order chi connectivity index (χ1) is 9.13. The predicted molar refractivity (Wildman–Crippen MR) is 65.1 cm³/mol. The van der Waals surface area contributed by atoms with Gasteiger partial charge in [0.05, 0.1) is 6.42 Å². The summed E-state index contributed by atoms with van der Waals surface area (Å²) in [5.41, 5.74) is 0.455. The smallest absolute Gasteiger partial charge is 0.322 e. The van der Waals surface area contributed by atoms with Crippen LogP contribution in [0.2, 0.25) is 0 Å². The average Bonchev–Trinajstić information content (AvgIpc) is 2.30. The van der Waals surface area contributed by atoms with E-state index in [1.54, 1.807) is 4.72 Å². The molecule has 7 nitrogen and oxygen atoms in total. The number of carboxylic acids is 2. The van der Waals surface area contributed by atoms with Gasteiger partial charge >= 0.3 is 11.9 Å². The van der Waals surface area contributed by atoms with E-state index < -0.39 is 45.1 Å². The van der Waals surface area contributed by atoms with Crippen LogP contribution in [0.15, 0.2) is 23.1 Å². The topological polar surface area (TPSA) is 121 Å². The van der Waals surface area contributed by atoms with Gasteiger partial charge in [0.2, 0.25) is 10.0 Å². The summed E-state index contributed by atoms with van der Waals surface area (Å²) in [6.45, 7) is 1.53. The highest BCUT2D eigenvalue weighted by molar-refractivity contribution is 7.89. The van der Waals surface area contributed by atoms with E-state index in [1.807, 2.05) is 0 Å². The number of carbonyl (C=O) groups is 2. The van der Waals surface area contributed by atoms with Crippen LogP contribution in [0.3, 0.4) is 0 Å². The molecule has 0 aromatic heterocycles. The minimum atomic E-state index is -4.47. The van der Waals surface area contributed by atoms with Gasteiger partial charge in [-0.1, -0.05) is 6.07 Å². The Hall–Kier alpha value is -2.00. The van der Waals surface area contributed by atoms with Crippen LogP contribution in [-0.2, 0) is 19.6 Å². The van der Waals surface area contributed by atoms with Crippen molar-refractivity contribution in [1.82, 2.24) is 4.72 Å². The zero-order chi connectivity index (χ0) is 15.5. The zero-order valence-corrected chi connectivity index (χ0v) is 11.1. The maximum absolute atomic E-state index is 13.5. The molecule has 0 aliphatic heterocycles. The molecule has 0 bridgehead atoms. The molecule has 0 aliphatic rings. The van der Waals surface area contributed by atoms with Crippen molar-refractivity contribution >= 4 is 22.0 Å². The Kier molecular flexibility index (Phi) is 4.79. The lowest BCUT2D eigenvalue weighted by Crippen LogP contribution is -2.42. The Morgan fingerprint density at radius 2 is 1.95 bits per heavy atom. The molecule has 3 N–H and O–H groups in total. The molecule has 9 heteroatoms. The summed E-state index contributed by atoms with van der Waals surface area (Å²) in [4.78, 5) is 20.6. The van der Waals surface area contributed by atoms with Gasteiger partial charge in [0.25, 0.3) is 0 Å². The van der Waals surface area contributed by atoms with Crippen LogP contribution in [0, 0.1) is 12.7 Å². The molecule has 0 amide bonds. The van der Waals surface area contributed by atoms with Crippen molar-refractivity contribution < 1.29 is 32.6 Å². The quantitative estimate of drug-likeness (QED) is 0.697. The molecule has 0 spiro atoms. The van der Waals surface area contributed by atoms with Gasteiger partial charge in [0.15, 0.2) is 0 Å². The summed E-state index contributed by atoms with van der Waals surface area (Å²) < 4.78 is 38.9. The van der Waals surface area contributed by atoms with Crippen molar-refractivity contribution in [2.45, 2.75) is 24.3 Å². The number of benzene rings is 1. The fraction of sp³-hybridized carbons (Fsp3) is 0.273. The number of sulfonamides is 1. The lowest BCUT2D eigenvalue weighted by Gasteiger charge is -2.13. The van der Waals surface area contributed by atoms with Crippen LogP contribution >= 0.6 is 0 Å². The molecule has 0 heterocycles. The van der Waals surface area contributed by atoms with Gasteiger partial charge in [-0.05, 0) is 24.6 Å². The van der Waals surface area contributed by atoms with E-state index in [4.69, 9.17) is 10.2 Å². The SMILES string of the molecule is Cc1ccc(F)c(S(=O)(=O)NC(CC(=O)O)C(=O)O)c1. The first kappa shape index (κ1) is 16.1. The second-order valence-corrected chi connectivity index (χ2v) is 5.73. The highest BCUT2D eigenvalue weighted by Crippen LogP contribution is 2.16. The van der Waals surface area contributed by atoms with Gasteiger partial charge in [-0.3, -0.25) is 9.59 Å². The van der Waals surface area contributed by atoms with Gasteiger partial charge in [-0.25, -0.2) is 12.8 Å². The molecule has 1 aromatic carbocycles. The van der Waals surface area contributed by atoms with E-state index in [-0.39, 0.29) is 0 Å². The van der Waals surface area contributed by atoms with Gasteiger partial charge in [-0.2, -0.15) is 4.72 Å². The minimum Gasteiger partial charge on any atom is -0.481 e. The molecule has 0 radical (unpaired) electrons. The van der Waals surface area contributed by atoms with Gasteiger partial charge in [0.1, 0.15) is 16.8 Å². The molecule has 0 saturated heterocycles. The molecule has 110 valence electrons. The first-order valence-corrected chi connectivity index (χ1v) is 6.85. The molecule has 20 heavy (non-hydrogen) atoms. The number of aliphatic carboxylic acids is 2. The maximum Gasteiger partial charge on any atom is 0.322 e. The molecule has 1 atom stereocenters. The molecule has 1 aromatic rings. The highest BCUT2D eigenvalue weighted by atomic mass is 32.2. The van der Waals surface area contributed by atoms with Crippen molar-refractivity contribution in [3.05, 3.63) is 29.6 Å². The summed E-state index contributed by atoms with van der Waals surface area (Å²) in [6.07, 6.45) is -0.956. The number of rotatable bonds is 6. The zero-order valence-electron chi connectivity index (χ0n) is 10.3. The third-order valence-electron chi connectivity index (χ3n) is 2.35. The third-order valence-corrected chi connectivity index (χ3v) is 3.84. The van der Waals surface area contributed by atoms with Crippen molar-refractivity contribution in [3.63, 3.8) is 0 Å². The van der Waals surface area contributed by atoms with Crippen LogP contribution in [0.1, 0.15) is 12.0 Å². The van der Waals surface area contributed by atoms with Gasteiger partial charge in [0, 0.05) is 0 Å². The summed E-state index contributed by atoms with van der Waals surface area (Å²) in [6, 6.07) is 1.42. The van der Waals surface area contributed by atoms with Crippen LogP contribution in [0.5, 0.6) is 0 Å². The fourth-order valence-electron chi connectivity index (χ4n) is 1.42. The van der Waals surface area contributed by atoms with Crippen LogP contribution < -0.4 is 4.72 Å². The molecule has 0 fully saturated rings. The lowest BCUT2D eigenvalue weighted by molar-refractivity contribution is -0.145. The van der Waals surface area contributed by atoms with Crippen molar-refractivity contribution in [3.8, 4) is 0 Å². The van der Waals surface area contributed by atoms with Gasteiger partial charge < -0.3 is 10.2 Å². The fourth-order valence-corrected chi connectivity index (χ4v) is 2.77. The predicted octanol–water partition coefficient (Wildman–Crippen LogP) is 0.340. The van der Waals surface area contributed by atoms with Crippen LogP contribution in [0.25, 0.3) is 0 Å². The van der Waals surface area contributed by atoms with Crippen molar-refractivity contribution in [2.75, 3.05) is 0 Å². The second kappa shape index (κ2) is 5.97. The number of nitrogens with one attached hydrogen (secondary N) is 1. The third kappa shape index (κ3) is 4.00. The second-order valence-electron chi connectivity index (χ2n) is 4.04.